The zero-order chi connectivity index (χ0) is 21.2. The SMILES string of the molecule is CSC(SC)=C(C(=O)/C=C/c1cccs1)C(C[Se]c1ccccc1)c1ccccc1. The zero-order valence-corrected chi connectivity index (χ0v) is 21.1. The number of thioether (sulfide) groups is 2. The molecule has 0 aliphatic carbocycles. The van der Waals surface area contributed by atoms with Crippen LogP contribution < -0.4 is 4.46 Å². The molecule has 5 heteroatoms. The summed E-state index contributed by atoms with van der Waals surface area (Å²) in [5.41, 5.74) is 2.13. The molecule has 154 valence electrons. The Labute approximate surface area is 198 Å². The third-order valence-corrected chi connectivity index (χ3v) is 9.85. The van der Waals surface area contributed by atoms with Gasteiger partial charge in [0.15, 0.2) is 0 Å². The van der Waals surface area contributed by atoms with E-state index in [4.69, 9.17) is 0 Å². The number of allylic oxidation sites excluding steroid dienone is 2. The first-order chi connectivity index (χ1) is 14.7. The second-order valence-electron chi connectivity index (χ2n) is 6.41. The fraction of sp³-hybridized carbons (Fsp3) is 0.160. The van der Waals surface area contributed by atoms with Crippen molar-refractivity contribution in [1.29, 1.82) is 0 Å². The van der Waals surface area contributed by atoms with Crippen LogP contribution >= 0.6 is 34.9 Å². The Hall–Kier alpha value is -1.49. The van der Waals surface area contributed by atoms with Crippen LogP contribution in [0.15, 0.2) is 94.1 Å². The van der Waals surface area contributed by atoms with Crippen LogP contribution in [0.4, 0.5) is 0 Å². The van der Waals surface area contributed by atoms with E-state index < -0.39 is 0 Å². The Morgan fingerprint density at radius 2 is 1.63 bits per heavy atom. The molecule has 0 aliphatic rings. The average Bonchev–Trinajstić information content (AvgIpc) is 3.32. The number of benzene rings is 2. The molecule has 1 atom stereocenters. The fourth-order valence-electron chi connectivity index (χ4n) is 3.08. The van der Waals surface area contributed by atoms with Gasteiger partial charge in [-0.15, -0.1) is 0 Å². The molecule has 0 amide bonds. The van der Waals surface area contributed by atoms with Crippen molar-refractivity contribution in [2.24, 2.45) is 0 Å². The molecule has 0 saturated carbocycles. The maximum absolute atomic E-state index is 13.5. The second-order valence-corrected chi connectivity index (χ2v) is 11.6. The molecule has 2 aromatic carbocycles. The van der Waals surface area contributed by atoms with Gasteiger partial charge in [-0.25, -0.2) is 0 Å². The molecule has 3 rings (SSSR count). The van der Waals surface area contributed by atoms with Crippen molar-refractivity contribution in [2.75, 3.05) is 12.5 Å². The maximum atomic E-state index is 13.5. The topological polar surface area (TPSA) is 17.1 Å². The summed E-state index contributed by atoms with van der Waals surface area (Å²) >= 11 is 5.27. The van der Waals surface area contributed by atoms with Crippen LogP contribution in [0.2, 0.25) is 5.32 Å². The number of carbonyl (C=O) groups excluding carboxylic acids is 1. The summed E-state index contributed by atoms with van der Waals surface area (Å²) in [7, 11) is 0. The molecule has 1 aromatic heterocycles. The van der Waals surface area contributed by atoms with E-state index >= 15 is 0 Å². The standard InChI is InChI=1S/C25H24OS3Se/c1-27-25(28-2)24(23(26)16-15-20-12-9-17-29-20)22(19-10-5-3-6-11-19)18-30-21-13-7-4-8-14-21/h3-17,22H,18H2,1-2H3/b16-15+. The van der Waals surface area contributed by atoms with E-state index in [0.717, 1.165) is 20.0 Å². The number of thiophene rings is 1. The van der Waals surface area contributed by atoms with E-state index in [1.54, 1.807) is 40.9 Å². The van der Waals surface area contributed by atoms with Crippen LogP contribution in [0.1, 0.15) is 16.4 Å². The monoisotopic (exact) mass is 516 g/mol. The molecular formula is C25H24OS3Se. The molecule has 0 aliphatic heterocycles. The van der Waals surface area contributed by atoms with Crippen molar-refractivity contribution in [2.45, 2.75) is 11.2 Å². The van der Waals surface area contributed by atoms with Crippen molar-refractivity contribution in [3.63, 3.8) is 0 Å². The van der Waals surface area contributed by atoms with E-state index in [2.05, 4.69) is 67.1 Å². The van der Waals surface area contributed by atoms with Crippen LogP contribution in [0.3, 0.4) is 0 Å². The number of carbonyl (C=O) groups is 1. The predicted octanol–water partition coefficient (Wildman–Crippen LogP) is 6.50. The molecule has 1 nitrogen and oxygen atoms in total. The first kappa shape index (κ1) is 23.2. The van der Waals surface area contributed by atoms with Crippen molar-refractivity contribution < 1.29 is 4.79 Å². The summed E-state index contributed by atoms with van der Waals surface area (Å²) in [5.74, 6) is 0.196. The van der Waals surface area contributed by atoms with Gasteiger partial charge < -0.3 is 0 Å². The predicted molar refractivity (Wildman–Crippen MR) is 138 cm³/mol. The number of hydrogen-bond acceptors (Lipinski definition) is 4. The first-order valence-corrected chi connectivity index (χ1v) is 14.9. The van der Waals surface area contributed by atoms with Crippen molar-refractivity contribution in [1.82, 2.24) is 0 Å². The van der Waals surface area contributed by atoms with Gasteiger partial charge in [0.05, 0.1) is 0 Å². The van der Waals surface area contributed by atoms with E-state index in [1.807, 2.05) is 29.7 Å². The van der Waals surface area contributed by atoms with E-state index in [9.17, 15) is 4.79 Å². The van der Waals surface area contributed by atoms with Gasteiger partial charge >= 0.3 is 199 Å². The van der Waals surface area contributed by atoms with Gasteiger partial charge in [0.2, 0.25) is 0 Å². The van der Waals surface area contributed by atoms with Gasteiger partial charge in [-0.05, 0) is 0 Å². The van der Waals surface area contributed by atoms with Crippen molar-refractivity contribution in [3.8, 4) is 0 Å². The van der Waals surface area contributed by atoms with Gasteiger partial charge in [0.1, 0.15) is 0 Å². The van der Waals surface area contributed by atoms with Crippen LogP contribution in [0.25, 0.3) is 6.08 Å². The molecule has 0 bridgehead atoms. The van der Waals surface area contributed by atoms with Crippen LogP contribution in [-0.2, 0) is 4.79 Å². The minimum absolute atomic E-state index is 0.0850. The molecule has 0 saturated heterocycles. The first-order valence-electron chi connectivity index (χ1n) is 9.53. The van der Waals surface area contributed by atoms with E-state index in [1.165, 1.54) is 10.0 Å². The zero-order valence-electron chi connectivity index (χ0n) is 17.0. The van der Waals surface area contributed by atoms with Gasteiger partial charge in [-0.2, -0.15) is 0 Å². The summed E-state index contributed by atoms with van der Waals surface area (Å²) in [6.07, 6.45) is 7.81. The Bertz CT molecular complexity index is 974. The fourth-order valence-corrected chi connectivity index (χ4v) is 7.53. The van der Waals surface area contributed by atoms with Gasteiger partial charge in [-0.3, -0.25) is 0 Å². The van der Waals surface area contributed by atoms with Crippen LogP contribution in [0.5, 0.6) is 0 Å². The quantitative estimate of drug-likeness (QED) is 0.227. The molecule has 0 spiro atoms. The van der Waals surface area contributed by atoms with Crippen LogP contribution in [0, 0.1) is 0 Å². The Balaban J connectivity index is 1.97. The molecule has 1 unspecified atom stereocenters. The Morgan fingerprint density at radius 1 is 0.967 bits per heavy atom. The molecule has 0 N–H and O–H groups in total. The van der Waals surface area contributed by atoms with E-state index in [-0.39, 0.29) is 26.7 Å². The number of rotatable bonds is 10. The third-order valence-electron chi connectivity index (χ3n) is 4.51. The summed E-state index contributed by atoms with van der Waals surface area (Å²) in [6.45, 7) is 0. The molecule has 0 fully saturated rings. The third kappa shape index (κ3) is 6.50. The molecular weight excluding hydrogens is 491 g/mol. The normalized spacial score (nSPS) is 12.1. The van der Waals surface area contributed by atoms with Crippen molar-refractivity contribution in [3.05, 3.63) is 105 Å². The van der Waals surface area contributed by atoms with Gasteiger partial charge in [-0.1, -0.05) is 0 Å². The number of ketones is 1. The summed E-state index contributed by atoms with van der Waals surface area (Å²) in [5, 5.41) is 2.99. The number of hydrogen-bond donors (Lipinski definition) is 0. The van der Waals surface area contributed by atoms with E-state index in [0.29, 0.717) is 0 Å². The van der Waals surface area contributed by atoms with Crippen LogP contribution in [-0.4, -0.2) is 33.3 Å². The Kier molecular flexibility index (Phi) is 9.57. The average molecular weight is 516 g/mol. The molecule has 1 heterocycles. The summed E-state index contributed by atoms with van der Waals surface area (Å²) in [4.78, 5) is 14.6. The minimum atomic E-state index is 0.0850. The Morgan fingerprint density at radius 3 is 2.23 bits per heavy atom. The summed E-state index contributed by atoms with van der Waals surface area (Å²) < 4.78 is 2.47. The summed E-state index contributed by atoms with van der Waals surface area (Å²) in [6, 6.07) is 25.1. The molecule has 3 aromatic rings. The van der Waals surface area contributed by atoms with Crippen molar-refractivity contribution >= 4 is 66.1 Å². The molecule has 0 radical (unpaired) electrons. The van der Waals surface area contributed by atoms with Gasteiger partial charge in [0.25, 0.3) is 0 Å². The molecule has 30 heavy (non-hydrogen) atoms. The second kappa shape index (κ2) is 12.4. The van der Waals surface area contributed by atoms with Gasteiger partial charge in [0, 0.05) is 0 Å².